The summed E-state index contributed by atoms with van der Waals surface area (Å²) in [6, 6.07) is 10.6. The van der Waals surface area contributed by atoms with Crippen LogP contribution in [0.1, 0.15) is 168 Å². The number of hydrogen-bond donors (Lipinski definition) is 0. The smallest absolute Gasteiger partial charge is 0.129 e. The largest absolute Gasteiger partial charge is 0.354 e. The Morgan fingerprint density at radius 1 is 0.607 bits per heavy atom. The molecule has 2 aliphatic rings. The van der Waals surface area contributed by atoms with Crippen LogP contribution in [-0.4, -0.2) is 48.8 Å². The van der Waals surface area contributed by atoms with Crippen molar-refractivity contribution < 1.29 is 0 Å². The van der Waals surface area contributed by atoms with E-state index in [0.717, 1.165) is 18.1 Å². The third kappa shape index (κ3) is 24.7. The first-order chi connectivity index (χ1) is 27.9. The van der Waals surface area contributed by atoms with E-state index < -0.39 is 0 Å². The van der Waals surface area contributed by atoms with Crippen molar-refractivity contribution in [2.75, 3.05) is 13.1 Å². The van der Waals surface area contributed by atoms with Crippen LogP contribution >= 0.6 is 45.7 Å². The van der Waals surface area contributed by atoms with Crippen molar-refractivity contribution in [3.05, 3.63) is 115 Å². The second-order valence-corrected chi connectivity index (χ2v) is 22.3. The van der Waals surface area contributed by atoms with Crippen molar-refractivity contribution in [1.29, 1.82) is 0 Å². The SMILES string of the molecule is C.CC(C)(C)C1=CCN=C1.CC(C)(C)c1ccns1.CC(C)(C)c1ncns1.CC(C)C1=CCN=C1.CC(C)c1cccn1C.CC(C)c1cccs1.CC(C)c1nccs1. The second kappa shape index (κ2) is 29.1. The number of rotatable bonds is 4. The topological polar surface area (TPSA) is 81.2 Å². The molecule has 7 nitrogen and oxygen atoms in total. The monoisotopic (exact) mass is 908 g/mol. The molecule has 7 heterocycles. The van der Waals surface area contributed by atoms with Crippen LogP contribution < -0.4 is 0 Å². The maximum atomic E-state index is 4.13. The Morgan fingerprint density at radius 3 is 1.49 bits per heavy atom. The zero-order chi connectivity index (χ0) is 45.5. The minimum Gasteiger partial charge on any atom is -0.354 e. The normalized spacial score (nSPS) is 12.8. The number of thiophene rings is 1. The molecule has 340 valence electrons. The molecule has 0 atom stereocenters. The number of aryl methyl sites for hydroxylation is 1. The number of hydrogen-bond acceptors (Lipinski definition) is 10. The zero-order valence-corrected chi connectivity index (χ0v) is 43.4. The van der Waals surface area contributed by atoms with Crippen LogP contribution in [0.25, 0.3) is 0 Å². The van der Waals surface area contributed by atoms with E-state index in [-0.39, 0.29) is 18.3 Å². The van der Waals surface area contributed by atoms with Crippen LogP contribution in [0.3, 0.4) is 0 Å². The Labute approximate surface area is 389 Å². The van der Waals surface area contributed by atoms with Crippen LogP contribution in [0.5, 0.6) is 0 Å². The van der Waals surface area contributed by atoms with Crippen molar-refractivity contribution in [1.82, 2.24) is 23.3 Å². The van der Waals surface area contributed by atoms with Gasteiger partial charge in [-0.05, 0) is 92.4 Å². The highest BCUT2D eigenvalue weighted by Gasteiger charge is 2.17. The van der Waals surface area contributed by atoms with E-state index in [1.165, 1.54) is 43.1 Å². The molecule has 0 N–H and O–H groups in total. The lowest BCUT2D eigenvalue weighted by Gasteiger charge is -2.16. The zero-order valence-electron chi connectivity index (χ0n) is 40.1. The van der Waals surface area contributed by atoms with Crippen LogP contribution in [0.4, 0.5) is 0 Å². The summed E-state index contributed by atoms with van der Waals surface area (Å²) in [5, 5.41) is 6.46. The van der Waals surface area contributed by atoms with Crippen molar-refractivity contribution in [3.8, 4) is 0 Å². The molecule has 5 aromatic heterocycles. The summed E-state index contributed by atoms with van der Waals surface area (Å²) >= 11 is 6.60. The van der Waals surface area contributed by atoms with Gasteiger partial charge in [-0.3, -0.25) is 9.98 Å². The maximum absolute atomic E-state index is 4.13. The molecule has 0 saturated carbocycles. The average molecular weight is 909 g/mol. The molecular formula is C50H81N7S4. The fourth-order valence-electron chi connectivity index (χ4n) is 4.93. The lowest BCUT2D eigenvalue weighted by atomic mass is 9.88. The fraction of sp³-hybridized carbons (Fsp3) is 0.560. The quantitative estimate of drug-likeness (QED) is 0.180. The van der Waals surface area contributed by atoms with Gasteiger partial charge in [-0.25, -0.2) is 14.3 Å². The third-order valence-corrected chi connectivity index (χ3v) is 13.2. The lowest BCUT2D eigenvalue weighted by Crippen LogP contribution is -2.09. The molecule has 2 aliphatic heterocycles. The molecule has 0 saturated heterocycles. The van der Waals surface area contributed by atoms with E-state index in [4.69, 9.17) is 0 Å². The van der Waals surface area contributed by atoms with Crippen molar-refractivity contribution in [2.24, 2.45) is 28.4 Å². The van der Waals surface area contributed by atoms with E-state index in [0.29, 0.717) is 29.1 Å². The van der Waals surface area contributed by atoms with Gasteiger partial charge in [0.25, 0.3) is 0 Å². The summed E-state index contributed by atoms with van der Waals surface area (Å²) in [5.41, 5.74) is 4.88. The first kappa shape index (κ1) is 57.6. The molecule has 5 aromatic rings. The number of aliphatic imine (C=N–C) groups is 2. The van der Waals surface area contributed by atoms with E-state index in [1.807, 2.05) is 41.5 Å². The molecule has 0 amide bonds. The molecule has 0 fully saturated rings. The highest BCUT2D eigenvalue weighted by molar-refractivity contribution is 7.10. The fourth-order valence-corrected chi connectivity index (χ4v) is 7.52. The van der Waals surface area contributed by atoms with Crippen molar-refractivity contribution in [2.45, 2.75) is 154 Å². The Morgan fingerprint density at radius 2 is 1.26 bits per heavy atom. The summed E-state index contributed by atoms with van der Waals surface area (Å²) in [6.45, 7) is 38.9. The molecule has 7 rings (SSSR count). The van der Waals surface area contributed by atoms with Gasteiger partial charge in [-0.15, -0.1) is 22.7 Å². The summed E-state index contributed by atoms with van der Waals surface area (Å²) in [4.78, 5) is 19.2. The molecule has 11 heteroatoms. The first-order valence-electron chi connectivity index (χ1n) is 21.1. The Hall–Kier alpha value is -3.38. The summed E-state index contributed by atoms with van der Waals surface area (Å²) in [5.74, 6) is 2.59. The molecule has 0 aromatic carbocycles. The first-order valence-corrected chi connectivity index (χ1v) is 24.4. The van der Waals surface area contributed by atoms with E-state index in [1.54, 1.807) is 29.2 Å². The second-order valence-electron chi connectivity index (χ2n) is 18.8. The number of thiazole rings is 1. The minimum absolute atomic E-state index is 0. The van der Waals surface area contributed by atoms with E-state index >= 15 is 0 Å². The molecule has 0 bridgehead atoms. The van der Waals surface area contributed by atoms with Crippen LogP contribution in [0, 0.1) is 11.3 Å². The Bertz CT molecular complexity index is 1820. The van der Waals surface area contributed by atoms with Gasteiger partial charge in [0.1, 0.15) is 11.3 Å². The van der Waals surface area contributed by atoms with Gasteiger partial charge in [0.05, 0.1) is 18.1 Å². The van der Waals surface area contributed by atoms with Gasteiger partial charge in [-0.1, -0.05) is 143 Å². The summed E-state index contributed by atoms with van der Waals surface area (Å²) < 4.78 is 10.1. The predicted molar refractivity (Wildman–Crippen MR) is 277 cm³/mol. The molecular weight excluding hydrogens is 827 g/mol. The Kier molecular flexibility index (Phi) is 27.5. The molecule has 0 spiro atoms. The molecule has 61 heavy (non-hydrogen) atoms. The van der Waals surface area contributed by atoms with Crippen LogP contribution in [-0.2, 0) is 17.9 Å². The summed E-state index contributed by atoms with van der Waals surface area (Å²) in [7, 11) is 2.08. The maximum Gasteiger partial charge on any atom is 0.129 e. The van der Waals surface area contributed by atoms with Crippen LogP contribution in [0.2, 0.25) is 0 Å². The number of nitrogens with zero attached hydrogens (tertiary/aromatic N) is 7. The summed E-state index contributed by atoms with van der Waals surface area (Å²) in [6.07, 6.45) is 15.7. The number of aromatic nitrogens is 5. The molecule has 0 unspecified atom stereocenters. The van der Waals surface area contributed by atoms with Gasteiger partial charge in [-0.2, -0.15) is 4.37 Å². The standard InChI is InChI=1S/2C8H13N.C7H11NS.C7H11N.C7H10S.C6H10N2S.C6H9NS.CH4/c1-8(2,3)7-4-5-9-6-7;1-7(2)8-5-4-6-9(8)3;1-7(2,3)6-4-5-8-9-6;1-6(2)7-3-4-8-5-7;1-6(2)7-4-3-5-8-7;1-6(2,3)5-7-4-8-9-5;1-5(2)6-7-3-4-8-6;/h4,6H,5H2,1-3H3;4-7H,1-3H3;4-5H,1-3H3;3,5-6H,4H2,1-2H3;3-6H,1-2H3;4H,1-3H3;3-5H,1-2H3;1H4. The number of allylic oxidation sites excluding steroid dienone is 2. The average Bonchev–Trinajstić information content (AvgIpc) is 4.01. The van der Waals surface area contributed by atoms with Crippen LogP contribution in [0.15, 0.2) is 99.3 Å². The highest BCUT2D eigenvalue weighted by Crippen LogP contribution is 2.26. The van der Waals surface area contributed by atoms with Gasteiger partial charge in [0.2, 0.25) is 0 Å². The van der Waals surface area contributed by atoms with Gasteiger partial charge in [0.15, 0.2) is 0 Å². The van der Waals surface area contributed by atoms with Crippen molar-refractivity contribution >= 4 is 58.2 Å². The molecule has 0 radical (unpaired) electrons. The minimum atomic E-state index is 0. The van der Waals surface area contributed by atoms with E-state index in [2.05, 4.69) is 212 Å². The third-order valence-electron chi connectivity index (χ3n) is 8.67. The Balaban J connectivity index is 0.000000687. The van der Waals surface area contributed by atoms with E-state index in [9.17, 15) is 0 Å². The highest BCUT2D eigenvalue weighted by atomic mass is 32.1. The van der Waals surface area contributed by atoms with Gasteiger partial charge >= 0.3 is 0 Å². The predicted octanol–water partition coefficient (Wildman–Crippen LogP) is 15.9. The van der Waals surface area contributed by atoms with Gasteiger partial charge in [0, 0.05) is 70.2 Å². The van der Waals surface area contributed by atoms with Gasteiger partial charge < -0.3 is 4.57 Å². The van der Waals surface area contributed by atoms with Crippen molar-refractivity contribution in [3.63, 3.8) is 0 Å². The molecule has 0 aliphatic carbocycles. The lowest BCUT2D eigenvalue weighted by molar-refractivity contribution is 0.527.